The third-order valence-electron chi connectivity index (χ3n) is 4.66. The van der Waals surface area contributed by atoms with E-state index < -0.39 is 10.2 Å². The summed E-state index contributed by atoms with van der Waals surface area (Å²) < 4.78 is 33.1. The molecule has 2 rings (SSSR count). The second-order valence-corrected chi connectivity index (χ2v) is 8.99. The monoisotopic (exact) mass is 398 g/mol. The van der Waals surface area contributed by atoms with Crippen LogP contribution in [-0.2, 0) is 21.4 Å². The van der Waals surface area contributed by atoms with Gasteiger partial charge in [-0.3, -0.25) is 9.78 Å². The molecular weight excluding hydrogens is 368 g/mol. The summed E-state index contributed by atoms with van der Waals surface area (Å²) in [5.41, 5.74) is 1.77. The number of nitrogens with zero attached hydrogens (tertiary/aromatic N) is 3. The highest BCUT2D eigenvalue weighted by Gasteiger charge is 2.25. The summed E-state index contributed by atoms with van der Waals surface area (Å²) in [5.74, 6) is 0.659. The van der Waals surface area contributed by atoms with Gasteiger partial charge in [0.1, 0.15) is 5.75 Å². The van der Waals surface area contributed by atoms with Gasteiger partial charge in [-0.25, -0.2) is 4.72 Å². The van der Waals surface area contributed by atoms with Gasteiger partial charge in [-0.15, -0.1) is 0 Å². The molecule has 0 aromatic carbocycles. The lowest BCUT2D eigenvalue weighted by molar-refractivity contribution is -0.135. The Balaban J connectivity index is 1.87. The van der Waals surface area contributed by atoms with Gasteiger partial charge in [0.2, 0.25) is 0 Å². The number of carbonyl (C=O) groups excluding carboxylic acids is 1. The predicted octanol–water partition coefficient (Wildman–Crippen LogP) is 0.966. The minimum absolute atomic E-state index is 0.0338. The van der Waals surface area contributed by atoms with Gasteiger partial charge in [-0.1, -0.05) is 6.92 Å². The summed E-state index contributed by atoms with van der Waals surface area (Å²) in [4.78, 5) is 18.7. The van der Waals surface area contributed by atoms with Gasteiger partial charge in [-0.05, 0) is 44.2 Å². The molecule has 1 aliphatic heterocycles. The molecule has 1 saturated heterocycles. The Morgan fingerprint density at radius 3 is 2.81 bits per heavy atom. The zero-order valence-corrected chi connectivity index (χ0v) is 17.4. The van der Waals surface area contributed by atoms with E-state index in [0.717, 1.165) is 35.0 Å². The van der Waals surface area contributed by atoms with Crippen LogP contribution in [0, 0.1) is 12.8 Å². The van der Waals surface area contributed by atoms with Gasteiger partial charge in [0.05, 0.1) is 5.69 Å². The first-order valence-electron chi connectivity index (χ1n) is 9.27. The molecular formula is C18H30N4O4S. The van der Waals surface area contributed by atoms with Crippen molar-refractivity contribution in [3.05, 3.63) is 23.5 Å². The second-order valence-electron chi connectivity index (χ2n) is 7.02. The first-order valence-corrected chi connectivity index (χ1v) is 10.7. The number of aromatic nitrogens is 1. The third-order valence-corrected chi connectivity index (χ3v) is 6.16. The number of pyridine rings is 1. The predicted molar refractivity (Wildman–Crippen MR) is 104 cm³/mol. The summed E-state index contributed by atoms with van der Waals surface area (Å²) in [6.45, 7) is 5.42. The average Bonchev–Trinajstić information content (AvgIpc) is 2.65. The quantitative estimate of drug-likeness (QED) is 0.704. The summed E-state index contributed by atoms with van der Waals surface area (Å²) in [7, 11) is -0.471. The van der Waals surface area contributed by atoms with Crippen LogP contribution in [-0.4, -0.2) is 68.9 Å². The van der Waals surface area contributed by atoms with Crippen molar-refractivity contribution in [3.63, 3.8) is 0 Å². The van der Waals surface area contributed by atoms with E-state index in [2.05, 4.69) is 9.71 Å². The highest BCUT2D eigenvalue weighted by molar-refractivity contribution is 7.87. The third kappa shape index (κ3) is 6.15. The fourth-order valence-corrected chi connectivity index (χ4v) is 3.73. The van der Waals surface area contributed by atoms with Gasteiger partial charge in [0, 0.05) is 39.4 Å². The van der Waals surface area contributed by atoms with E-state index in [1.165, 1.54) is 14.1 Å². The molecule has 0 spiro atoms. The van der Waals surface area contributed by atoms with Crippen LogP contribution in [0.3, 0.4) is 0 Å². The Morgan fingerprint density at radius 1 is 1.41 bits per heavy atom. The number of hydrogen-bond acceptors (Lipinski definition) is 5. The Kier molecular flexibility index (Phi) is 7.58. The average molecular weight is 399 g/mol. The maximum absolute atomic E-state index is 12.5. The molecule has 1 amide bonds. The lowest BCUT2D eigenvalue weighted by atomic mass is 9.98. The molecule has 1 aromatic rings. The molecule has 1 fully saturated rings. The number of piperidine rings is 1. The SMILES string of the molecule is CCc1nc(C)ccc1OCC(=O)N1CCC[C@H](CNS(=O)(=O)N(C)C)C1. The van der Waals surface area contributed by atoms with Crippen LogP contribution in [0.5, 0.6) is 5.75 Å². The van der Waals surface area contributed by atoms with Crippen molar-refractivity contribution in [1.29, 1.82) is 0 Å². The summed E-state index contributed by atoms with van der Waals surface area (Å²) in [6.07, 6.45) is 2.48. The van der Waals surface area contributed by atoms with Crippen molar-refractivity contribution in [2.45, 2.75) is 33.1 Å². The van der Waals surface area contributed by atoms with Gasteiger partial charge in [-0.2, -0.15) is 12.7 Å². The van der Waals surface area contributed by atoms with E-state index in [9.17, 15) is 13.2 Å². The van der Waals surface area contributed by atoms with Crippen molar-refractivity contribution in [1.82, 2.24) is 18.9 Å². The largest absolute Gasteiger partial charge is 0.482 e. The fraction of sp³-hybridized carbons (Fsp3) is 0.667. The number of hydrogen-bond donors (Lipinski definition) is 1. The van der Waals surface area contributed by atoms with E-state index in [1.807, 2.05) is 26.0 Å². The fourth-order valence-electron chi connectivity index (χ4n) is 3.02. The highest BCUT2D eigenvalue weighted by Crippen LogP contribution is 2.19. The molecule has 1 aliphatic rings. The summed E-state index contributed by atoms with van der Waals surface area (Å²) >= 11 is 0. The molecule has 9 heteroatoms. The molecule has 8 nitrogen and oxygen atoms in total. The Bertz CT molecular complexity index is 752. The van der Waals surface area contributed by atoms with Crippen LogP contribution in [0.2, 0.25) is 0 Å². The van der Waals surface area contributed by atoms with Crippen molar-refractivity contribution in [2.24, 2.45) is 5.92 Å². The van der Waals surface area contributed by atoms with Crippen LogP contribution in [0.15, 0.2) is 12.1 Å². The molecule has 0 radical (unpaired) electrons. The molecule has 1 aromatic heterocycles. The molecule has 0 unspecified atom stereocenters. The van der Waals surface area contributed by atoms with Crippen molar-refractivity contribution in [2.75, 3.05) is 40.3 Å². The van der Waals surface area contributed by atoms with Crippen LogP contribution in [0.4, 0.5) is 0 Å². The lowest BCUT2D eigenvalue weighted by Gasteiger charge is -2.33. The van der Waals surface area contributed by atoms with E-state index in [-0.39, 0.29) is 18.4 Å². The normalized spacial score (nSPS) is 18.0. The van der Waals surface area contributed by atoms with Gasteiger partial charge in [0.15, 0.2) is 6.61 Å². The van der Waals surface area contributed by atoms with E-state index in [1.54, 1.807) is 4.90 Å². The minimum Gasteiger partial charge on any atom is -0.482 e. The van der Waals surface area contributed by atoms with Gasteiger partial charge in [0.25, 0.3) is 16.1 Å². The molecule has 1 N–H and O–H groups in total. The molecule has 1 atom stereocenters. The highest BCUT2D eigenvalue weighted by atomic mass is 32.2. The topological polar surface area (TPSA) is 91.8 Å². The minimum atomic E-state index is -3.44. The second kappa shape index (κ2) is 9.48. The van der Waals surface area contributed by atoms with Crippen LogP contribution in [0.25, 0.3) is 0 Å². The van der Waals surface area contributed by atoms with Crippen LogP contribution >= 0.6 is 0 Å². The zero-order chi connectivity index (χ0) is 20.0. The number of nitrogens with one attached hydrogen (secondary N) is 1. The molecule has 0 aliphatic carbocycles. The maximum atomic E-state index is 12.5. The summed E-state index contributed by atoms with van der Waals surface area (Å²) in [6, 6.07) is 3.72. The molecule has 0 saturated carbocycles. The van der Waals surface area contributed by atoms with E-state index in [0.29, 0.717) is 25.4 Å². The first kappa shape index (κ1) is 21.6. The van der Waals surface area contributed by atoms with Crippen molar-refractivity contribution < 1.29 is 17.9 Å². The molecule has 0 bridgehead atoms. The van der Waals surface area contributed by atoms with Gasteiger partial charge < -0.3 is 9.64 Å². The molecule has 27 heavy (non-hydrogen) atoms. The molecule has 152 valence electrons. The van der Waals surface area contributed by atoms with Crippen molar-refractivity contribution >= 4 is 16.1 Å². The number of aryl methyl sites for hydroxylation is 2. The maximum Gasteiger partial charge on any atom is 0.278 e. The Labute approximate surface area is 162 Å². The lowest BCUT2D eigenvalue weighted by Crippen LogP contribution is -2.46. The van der Waals surface area contributed by atoms with Gasteiger partial charge >= 0.3 is 0 Å². The standard InChI is InChI=1S/C18H30N4O4S/c1-5-16-17(9-8-14(2)20-16)26-13-18(23)22-10-6-7-15(12-22)11-19-27(24,25)21(3)4/h8-9,15,19H,5-7,10-13H2,1-4H3/t15-/m1/s1. The van der Waals surface area contributed by atoms with Crippen LogP contribution < -0.4 is 9.46 Å². The number of ether oxygens (including phenoxy) is 1. The zero-order valence-electron chi connectivity index (χ0n) is 16.6. The number of carbonyl (C=O) groups is 1. The number of amides is 1. The summed E-state index contributed by atoms with van der Waals surface area (Å²) in [5, 5.41) is 0. The number of rotatable bonds is 8. The Hall–Kier alpha value is -1.71. The smallest absolute Gasteiger partial charge is 0.278 e. The molecule has 2 heterocycles. The van der Waals surface area contributed by atoms with Crippen LogP contribution in [0.1, 0.15) is 31.2 Å². The van der Waals surface area contributed by atoms with E-state index in [4.69, 9.17) is 4.74 Å². The number of likely N-dealkylation sites (tertiary alicyclic amines) is 1. The van der Waals surface area contributed by atoms with Crippen molar-refractivity contribution in [3.8, 4) is 5.75 Å². The first-order chi connectivity index (χ1) is 12.7. The van der Waals surface area contributed by atoms with E-state index >= 15 is 0 Å². The Morgan fingerprint density at radius 2 is 2.15 bits per heavy atom.